The molecule has 10 heteroatoms. The molecule has 162 valence electrons. The zero-order valence-corrected chi connectivity index (χ0v) is 18.8. The summed E-state index contributed by atoms with van der Waals surface area (Å²) in [5.74, 6) is -0.199. The van der Waals surface area contributed by atoms with Crippen LogP contribution in [0.4, 0.5) is 5.82 Å². The van der Waals surface area contributed by atoms with Gasteiger partial charge in [0.25, 0.3) is 11.8 Å². The topological polar surface area (TPSA) is 116 Å². The average molecular weight is 487 g/mol. The van der Waals surface area contributed by atoms with Crippen molar-refractivity contribution < 1.29 is 14.3 Å². The Morgan fingerprint density at radius 1 is 1.00 bits per heavy atom. The number of ether oxygens (including phenoxy) is 1. The number of imide groups is 1. The highest BCUT2D eigenvalue weighted by Gasteiger charge is 2.34. The lowest BCUT2D eigenvalue weighted by Gasteiger charge is -2.14. The molecule has 0 bridgehead atoms. The fourth-order valence-electron chi connectivity index (χ4n) is 3.53. The number of carbonyl (C=O) groups is 2. The van der Waals surface area contributed by atoms with Gasteiger partial charge in [-0.2, -0.15) is 9.97 Å². The van der Waals surface area contributed by atoms with E-state index in [1.807, 2.05) is 4.57 Å². The van der Waals surface area contributed by atoms with Crippen LogP contribution in [0.2, 0.25) is 0 Å². The average Bonchev–Trinajstić information content (AvgIpc) is 3.20. The molecule has 0 saturated carbocycles. The summed E-state index contributed by atoms with van der Waals surface area (Å²) < 4.78 is 8.09. The highest BCUT2D eigenvalue weighted by atomic mass is 79.9. The Bertz CT molecular complexity index is 1110. The number of unbranched alkanes of at least 4 members (excludes halogenated alkanes) is 2. The molecule has 0 radical (unpaired) electrons. The number of carbonyl (C=O) groups excluding carboxylic acids is 2. The Morgan fingerprint density at radius 2 is 1.68 bits per heavy atom. The van der Waals surface area contributed by atoms with Crippen molar-refractivity contribution in [2.24, 2.45) is 0 Å². The molecule has 2 N–H and O–H groups in total. The van der Waals surface area contributed by atoms with Gasteiger partial charge in [-0.05, 0) is 47.3 Å². The molecule has 0 atom stereocenters. The quantitative estimate of drug-likeness (QED) is 0.279. The Kier molecular flexibility index (Phi) is 6.17. The van der Waals surface area contributed by atoms with E-state index in [1.165, 1.54) is 4.90 Å². The first-order chi connectivity index (χ1) is 15.0. The number of imidazole rings is 1. The van der Waals surface area contributed by atoms with E-state index in [0.717, 1.165) is 12.8 Å². The second kappa shape index (κ2) is 9.01. The molecular formula is C21H23BrN6O3. The minimum atomic E-state index is -0.232. The summed E-state index contributed by atoms with van der Waals surface area (Å²) in [4.78, 5) is 39.3. The van der Waals surface area contributed by atoms with Crippen LogP contribution < -0.4 is 10.5 Å². The van der Waals surface area contributed by atoms with Crippen LogP contribution in [0.15, 0.2) is 29.0 Å². The predicted octanol–water partition coefficient (Wildman–Crippen LogP) is 3.43. The smallest absolute Gasteiger partial charge is 0.320 e. The maximum Gasteiger partial charge on any atom is 0.320 e. The summed E-state index contributed by atoms with van der Waals surface area (Å²) in [6.07, 6.45) is 3.28. The molecule has 2 amide bonds. The third-order valence-corrected chi connectivity index (χ3v) is 5.78. The molecule has 1 aromatic carbocycles. The molecule has 9 nitrogen and oxygen atoms in total. The molecule has 1 aliphatic rings. The molecule has 0 saturated heterocycles. The molecule has 3 heterocycles. The van der Waals surface area contributed by atoms with Crippen molar-refractivity contribution in [2.45, 2.75) is 39.2 Å². The van der Waals surface area contributed by atoms with Crippen molar-refractivity contribution in [3.63, 3.8) is 0 Å². The number of benzene rings is 1. The van der Waals surface area contributed by atoms with E-state index >= 15 is 0 Å². The van der Waals surface area contributed by atoms with Gasteiger partial charge in [0.15, 0.2) is 21.7 Å². The van der Waals surface area contributed by atoms with E-state index in [9.17, 15) is 9.59 Å². The number of hydrogen-bond acceptors (Lipinski definition) is 7. The second-order valence-electron chi connectivity index (χ2n) is 7.31. The standard InChI is InChI=1S/C21H23BrN6O3/c1-2-3-12-31-21-25-16(23)15-17(26-21)27(20(22)24-15)10-6-7-11-28-18(29)13-8-4-5-9-14(13)19(28)30/h4-5,8-9H,2-3,6-7,10-12H2,1H3,(H2,23,25,26). The van der Waals surface area contributed by atoms with Gasteiger partial charge in [0.05, 0.1) is 17.7 Å². The zero-order valence-electron chi connectivity index (χ0n) is 17.2. The lowest BCUT2D eigenvalue weighted by molar-refractivity contribution is 0.0651. The van der Waals surface area contributed by atoms with Gasteiger partial charge >= 0.3 is 6.01 Å². The molecule has 0 aliphatic carbocycles. The number of aryl methyl sites for hydroxylation is 1. The van der Waals surface area contributed by atoms with Gasteiger partial charge in [0.1, 0.15) is 0 Å². The minimum absolute atomic E-state index is 0.232. The van der Waals surface area contributed by atoms with Crippen LogP contribution in [0.25, 0.3) is 11.2 Å². The summed E-state index contributed by atoms with van der Waals surface area (Å²) in [5.41, 5.74) is 8.08. The van der Waals surface area contributed by atoms with Crippen LogP contribution in [0, 0.1) is 0 Å². The number of nitrogens with two attached hydrogens (primary N) is 1. The molecule has 0 fully saturated rings. The number of hydrogen-bond donors (Lipinski definition) is 1. The molecule has 2 aromatic heterocycles. The lowest BCUT2D eigenvalue weighted by Crippen LogP contribution is -2.30. The largest absolute Gasteiger partial charge is 0.463 e. The molecule has 4 rings (SSSR count). The number of nitrogen functional groups attached to an aromatic ring is 1. The third kappa shape index (κ3) is 4.12. The number of nitrogens with zero attached hydrogens (tertiary/aromatic N) is 5. The van der Waals surface area contributed by atoms with Crippen molar-refractivity contribution in [3.8, 4) is 6.01 Å². The maximum absolute atomic E-state index is 12.5. The Balaban J connectivity index is 1.42. The normalized spacial score (nSPS) is 13.3. The van der Waals surface area contributed by atoms with E-state index in [4.69, 9.17) is 10.5 Å². The molecule has 1 aliphatic heterocycles. The molecule has 3 aromatic rings. The number of amides is 2. The van der Waals surface area contributed by atoms with E-state index in [0.29, 0.717) is 59.6 Å². The summed E-state index contributed by atoms with van der Waals surface area (Å²) >= 11 is 3.46. The van der Waals surface area contributed by atoms with Crippen molar-refractivity contribution in [1.82, 2.24) is 24.4 Å². The summed E-state index contributed by atoms with van der Waals surface area (Å²) in [5, 5.41) is 0. The number of rotatable bonds is 9. The van der Waals surface area contributed by atoms with Gasteiger partial charge < -0.3 is 15.0 Å². The minimum Gasteiger partial charge on any atom is -0.463 e. The molecule has 31 heavy (non-hydrogen) atoms. The first kappa shape index (κ1) is 21.2. The molecule has 0 unspecified atom stereocenters. The third-order valence-electron chi connectivity index (χ3n) is 5.18. The van der Waals surface area contributed by atoms with Crippen LogP contribution in [-0.4, -0.2) is 49.4 Å². The van der Waals surface area contributed by atoms with Crippen molar-refractivity contribution in [2.75, 3.05) is 18.9 Å². The van der Waals surface area contributed by atoms with Crippen molar-refractivity contribution in [1.29, 1.82) is 0 Å². The van der Waals surface area contributed by atoms with Crippen LogP contribution >= 0.6 is 15.9 Å². The highest BCUT2D eigenvalue weighted by molar-refractivity contribution is 9.10. The van der Waals surface area contributed by atoms with Crippen LogP contribution in [0.1, 0.15) is 53.3 Å². The predicted molar refractivity (Wildman–Crippen MR) is 119 cm³/mol. The van der Waals surface area contributed by atoms with Gasteiger partial charge in [-0.15, -0.1) is 0 Å². The van der Waals surface area contributed by atoms with E-state index < -0.39 is 0 Å². The van der Waals surface area contributed by atoms with E-state index in [2.05, 4.69) is 37.8 Å². The first-order valence-corrected chi connectivity index (χ1v) is 11.1. The number of anilines is 1. The number of halogens is 1. The van der Waals surface area contributed by atoms with Crippen molar-refractivity contribution >= 4 is 44.7 Å². The highest BCUT2D eigenvalue weighted by Crippen LogP contribution is 2.26. The van der Waals surface area contributed by atoms with Gasteiger partial charge in [0, 0.05) is 13.1 Å². The first-order valence-electron chi connectivity index (χ1n) is 10.3. The maximum atomic E-state index is 12.5. The SMILES string of the molecule is CCCCOc1nc(N)c2nc(Br)n(CCCCN3C(=O)c4ccccc4C3=O)c2n1. The van der Waals surface area contributed by atoms with Gasteiger partial charge in [-0.25, -0.2) is 4.98 Å². The Morgan fingerprint density at radius 3 is 2.35 bits per heavy atom. The van der Waals surface area contributed by atoms with Crippen LogP contribution in [0.3, 0.4) is 0 Å². The lowest BCUT2D eigenvalue weighted by atomic mass is 10.1. The van der Waals surface area contributed by atoms with Gasteiger partial charge in [-0.3, -0.25) is 14.5 Å². The summed E-state index contributed by atoms with van der Waals surface area (Å²) in [6.45, 7) is 3.55. The molecule has 0 spiro atoms. The fourth-order valence-corrected chi connectivity index (χ4v) is 4.05. The Hall–Kier alpha value is -3.01. The van der Waals surface area contributed by atoms with Crippen molar-refractivity contribution in [3.05, 3.63) is 40.1 Å². The number of aromatic nitrogens is 4. The monoisotopic (exact) mass is 486 g/mol. The number of fused-ring (bicyclic) bond motifs is 2. The summed E-state index contributed by atoms with van der Waals surface area (Å²) in [7, 11) is 0. The van der Waals surface area contributed by atoms with Gasteiger partial charge in [0.2, 0.25) is 0 Å². The molecular weight excluding hydrogens is 464 g/mol. The van der Waals surface area contributed by atoms with Crippen LogP contribution in [-0.2, 0) is 6.54 Å². The van der Waals surface area contributed by atoms with Crippen LogP contribution in [0.5, 0.6) is 6.01 Å². The fraction of sp³-hybridized carbons (Fsp3) is 0.381. The Labute approximate surface area is 187 Å². The summed E-state index contributed by atoms with van der Waals surface area (Å²) in [6, 6.07) is 7.15. The van der Waals surface area contributed by atoms with E-state index in [1.54, 1.807) is 24.3 Å². The zero-order chi connectivity index (χ0) is 22.0. The van der Waals surface area contributed by atoms with E-state index in [-0.39, 0.29) is 23.6 Å². The van der Waals surface area contributed by atoms with Gasteiger partial charge in [-0.1, -0.05) is 25.5 Å². The second-order valence-corrected chi connectivity index (χ2v) is 8.02.